The molecule has 1 N–H and O–H groups in total. The smallest absolute Gasteiger partial charge is 0.261 e. The summed E-state index contributed by atoms with van der Waals surface area (Å²) in [7, 11) is 0. The van der Waals surface area contributed by atoms with Crippen LogP contribution in [0.5, 0.6) is 5.75 Å². The van der Waals surface area contributed by atoms with Crippen LogP contribution in [0.1, 0.15) is 43.4 Å². The van der Waals surface area contributed by atoms with Crippen LogP contribution < -0.4 is 10.1 Å². The summed E-state index contributed by atoms with van der Waals surface area (Å²) in [6, 6.07) is 10.4. The molecule has 31 heavy (non-hydrogen) atoms. The predicted molar refractivity (Wildman–Crippen MR) is 128 cm³/mol. The maximum absolute atomic E-state index is 13.1. The van der Waals surface area contributed by atoms with Crippen molar-refractivity contribution in [1.82, 2.24) is 10.2 Å². The number of unbranched alkanes of at least 4 members (excludes halogenated alkanes) is 1. The number of rotatable bonds is 10. The van der Waals surface area contributed by atoms with Crippen molar-refractivity contribution in [2.75, 3.05) is 13.2 Å². The Morgan fingerprint density at radius 2 is 1.84 bits per heavy atom. The fourth-order valence-corrected chi connectivity index (χ4v) is 3.57. The van der Waals surface area contributed by atoms with E-state index in [0.29, 0.717) is 17.3 Å². The molecule has 0 saturated heterocycles. The van der Waals surface area contributed by atoms with Gasteiger partial charge in [0.2, 0.25) is 5.91 Å². The molecule has 0 aromatic heterocycles. The molecule has 2 aromatic rings. The Balaban J connectivity index is 2.17. The summed E-state index contributed by atoms with van der Waals surface area (Å²) in [4.78, 5) is 27.3. The van der Waals surface area contributed by atoms with Crippen molar-refractivity contribution in [3.05, 3.63) is 62.6 Å². The van der Waals surface area contributed by atoms with Gasteiger partial charge in [0.25, 0.3) is 5.91 Å². The average molecular weight is 510 g/mol. The molecule has 0 saturated carbocycles. The second-order valence-corrected chi connectivity index (χ2v) is 8.79. The first-order valence-corrected chi connectivity index (χ1v) is 11.6. The Kier molecular flexibility index (Phi) is 9.85. The fraction of sp³-hybridized carbons (Fsp3) is 0.417. The summed E-state index contributed by atoms with van der Waals surface area (Å²) in [5, 5.41) is 3.46. The normalized spacial score (nSPS) is 11.7. The number of hydrogen-bond acceptors (Lipinski definition) is 3. The van der Waals surface area contributed by atoms with Gasteiger partial charge in [0.1, 0.15) is 11.8 Å². The summed E-state index contributed by atoms with van der Waals surface area (Å²) in [6.45, 7) is 8.37. The first-order valence-electron chi connectivity index (χ1n) is 10.4. The average Bonchev–Trinajstić information content (AvgIpc) is 2.74. The van der Waals surface area contributed by atoms with Crippen LogP contribution in [0.4, 0.5) is 0 Å². The van der Waals surface area contributed by atoms with Gasteiger partial charge in [0.15, 0.2) is 6.61 Å². The number of nitrogens with one attached hydrogen (secondary N) is 1. The molecule has 7 heteroatoms. The van der Waals surface area contributed by atoms with Crippen LogP contribution in [0.2, 0.25) is 5.02 Å². The van der Waals surface area contributed by atoms with Crippen LogP contribution in [-0.2, 0) is 16.1 Å². The van der Waals surface area contributed by atoms with E-state index in [1.54, 1.807) is 13.0 Å². The standard InChI is InChI=1S/C24H30BrClN2O3/c1-5-6-11-27-24(30)18(4)28(14-19-9-7-8-10-21(19)26)22(29)15-31-20-12-16(2)23(25)17(3)13-20/h7-10,12-13,18H,5-6,11,14-15H2,1-4H3,(H,27,30). The van der Waals surface area contributed by atoms with Gasteiger partial charge in [-0.15, -0.1) is 0 Å². The van der Waals surface area contributed by atoms with Crippen molar-refractivity contribution < 1.29 is 14.3 Å². The summed E-state index contributed by atoms with van der Waals surface area (Å²) >= 11 is 9.84. The van der Waals surface area contributed by atoms with Crippen molar-refractivity contribution in [2.45, 2.75) is 53.1 Å². The monoisotopic (exact) mass is 508 g/mol. The van der Waals surface area contributed by atoms with Crippen molar-refractivity contribution in [3.8, 4) is 5.75 Å². The predicted octanol–water partition coefficient (Wildman–Crippen LogP) is 5.43. The molecule has 0 bridgehead atoms. The van der Waals surface area contributed by atoms with E-state index in [2.05, 4.69) is 28.2 Å². The third-order valence-electron chi connectivity index (χ3n) is 5.07. The van der Waals surface area contributed by atoms with E-state index in [4.69, 9.17) is 16.3 Å². The molecule has 168 valence electrons. The molecule has 0 spiro atoms. The molecule has 0 aliphatic rings. The van der Waals surface area contributed by atoms with Crippen LogP contribution in [0.25, 0.3) is 0 Å². The molecule has 1 unspecified atom stereocenters. The van der Waals surface area contributed by atoms with Crippen LogP contribution >= 0.6 is 27.5 Å². The largest absolute Gasteiger partial charge is 0.484 e. The van der Waals surface area contributed by atoms with Gasteiger partial charge in [-0.25, -0.2) is 0 Å². The van der Waals surface area contributed by atoms with E-state index in [1.807, 2.05) is 44.2 Å². The van der Waals surface area contributed by atoms with E-state index in [0.717, 1.165) is 34.0 Å². The second kappa shape index (κ2) is 12.1. The zero-order valence-electron chi connectivity index (χ0n) is 18.5. The maximum Gasteiger partial charge on any atom is 0.261 e. The lowest BCUT2D eigenvalue weighted by molar-refractivity contribution is -0.142. The van der Waals surface area contributed by atoms with Gasteiger partial charge >= 0.3 is 0 Å². The lowest BCUT2D eigenvalue weighted by Gasteiger charge is -2.29. The number of halogens is 2. The van der Waals surface area contributed by atoms with E-state index in [-0.39, 0.29) is 25.0 Å². The lowest BCUT2D eigenvalue weighted by atomic mass is 10.1. The first kappa shape index (κ1) is 25.2. The number of benzene rings is 2. The van der Waals surface area contributed by atoms with Gasteiger partial charge in [-0.2, -0.15) is 0 Å². The molecule has 0 heterocycles. The van der Waals surface area contributed by atoms with Crippen molar-refractivity contribution in [2.24, 2.45) is 0 Å². The third kappa shape index (κ3) is 7.25. The quantitative estimate of drug-likeness (QED) is 0.434. The van der Waals surface area contributed by atoms with Crippen LogP contribution in [-0.4, -0.2) is 35.9 Å². The molecule has 0 fully saturated rings. The van der Waals surface area contributed by atoms with Gasteiger partial charge < -0.3 is 15.0 Å². The molecule has 2 rings (SSSR count). The SMILES string of the molecule is CCCCNC(=O)C(C)N(Cc1ccccc1Cl)C(=O)COc1cc(C)c(Br)c(C)c1. The second-order valence-electron chi connectivity index (χ2n) is 7.59. The minimum Gasteiger partial charge on any atom is -0.484 e. The highest BCUT2D eigenvalue weighted by Gasteiger charge is 2.27. The Labute approximate surface area is 198 Å². The number of ether oxygens (including phenoxy) is 1. The molecule has 2 aromatic carbocycles. The number of carbonyl (C=O) groups excluding carboxylic acids is 2. The van der Waals surface area contributed by atoms with Gasteiger partial charge in [0, 0.05) is 22.6 Å². The minimum atomic E-state index is -0.655. The lowest BCUT2D eigenvalue weighted by Crippen LogP contribution is -2.49. The van der Waals surface area contributed by atoms with Crippen LogP contribution in [0.3, 0.4) is 0 Å². The molecule has 0 aliphatic heterocycles. The topological polar surface area (TPSA) is 58.6 Å². The molecular formula is C24H30BrClN2O3. The number of carbonyl (C=O) groups is 2. The maximum atomic E-state index is 13.1. The number of aryl methyl sites for hydroxylation is 2. The van der Waals surface area contributed by atoms with Gasteiger partial charge in [-0.05, 0) is 62.1 Å². The molecule has 0 radical (unpaired) electrons. The van der Waals surface area contributed by atoms with Gasteiger partial charge in [0.05, 0.1) is 0 Å². The van der Waals surface area contributed by atoms with E-state index in [1.165, 1.54) is 4.90 Å². The van der Waals surface area contributed by atoms with Crippen LogP contribution in [0.15, 0.2) is 40.9 Å². The number of hydrogen-bond donors (Lipinski definition) is 1. The van der Waals surface area contributed by atoms with E-state index in [9.17, 15) is 9.59 Å². The Bertz CT molecular complexity index is 896. The zero-order chi connectivity index (χ0) is 23.0. The minimum absolute atomic E-state index is 0.169. The summed E-state index contributed by atoms with van der Waals surface area (Å²) < 4.78 is 6.80. The summed E-state index contributed by atoms with van der Waals surface area (Å²) in [6.07, 6.45) is 1.87. The molecule has 1 atom stereocenters. The molecule has 5 nitrogen and oxygen atoms in total. The molecule has 0 aliphatic carbocycles. The zero-order valence-corrected chi connectivity index (χ0v) is 20.8. The van der Waals surface area contributed by atoms with E-state index >= 15 is 0 Å². The van der Waals surface area contributed by atoms with Crippen molar-refractivity contribution in [1.29, 1.82) is 0 Å². The van der Waals surface area contributed by atoms with E-state index < -0.39 is 6.04 Å². The van der Waals surface area contributed by atoms with Crippen molar-refractivity contribution >= 4 is 39.3 Å². The van der Waals surface area contributed by atoms with Crippen LogP contribution in [0, 0.1) is 13.8 Å². The fourth-order valence-electron chi connectivity index (χ4n) is 3.15. The first-order chi connectivity index (χ1) is 14.7. The highest BCUT2D eigenvalue weighted by Crippen LogP contribution is 2.26. The highest BCUT2D eigenvalue weighted by atomic mass is 79.9. The molecule has 2 amide bonds. The Morgan fingerprint density at radius 3 is 2.45 bits per heavy atom. The summed E-state index contributed by atoms with van der Waals surface area (Å²) in [5.74, 6) is 0.143. The third-order valence-corrected chi connectivity index (χ3v) is 6.69. The number of nitrogens with zero attached hydrogens (tertiary/aromatic N) is 1. The Morgan fingerprint density at radius 1 is 1.19 bits per heavy atom. The van der Waals surface area contributed by atoms with Gasteiger partial charge in [-0.1, -0.05) is 59.1 Å². The highest BCUT2D eigenvalue weighted by molar-refractivity contribution is 9.10. The van der Waals surface area contributed by atoms with Crippen molar-refractivity contribution in [3.63, 3.8) is 0 Å². The number of amides is 2. The summed E-state index contributed by atoms with van der Waals surface area (Å²) in [5.41, 5.74) is 2.83. The Hall–Kier alpha value is -2.05. The molecular weight excluding hydrogens is 480 g/mol. The van der Waals surface area contributed by atoms with Gasteiger partial charge in [-0.3, -0.25) is 9.59 Å².